The van der Waals surface area contributed by atoms with Crippen molar-refractivity contribution in [1.29, 1.82) is 0 Å². The van der Waals surface area contributed by atoms with Crippen molar-refractivity contribution < 1.29 is 9.53 Å². The van der Waals surface area contributed by atoms with E-state index in [4.69, 9.17) is 4.74 Å². The van der Waals surface area contributed by atoms with Gasteiger partial charge in [-0.05, 0) is 57.2 Å². The number of para-hydroxylation sites is 1. The fourth-order valence-electron chi connectivity index (χ4n) is 3.28. The lowest BCUT2D eigenvalue weighted by atomic mass is 10.1. The van der Waals surface area contributed by atoms with Crippen LogP contribution in [0.3, 0.4) is 0 Å². The quantitative estimate of drug-likeness (QED) is 0.495. The maximum absolute atomic E-state index is 12.8. The summed E-state index contributed by atoms with van der Waals surface area (Å²) < 4.78 is 8.92. The van der Waals surface area contributed by atoms with Crippen LogP contribution in [0.25, 0.3) is 11.0 Å². The van der Waals surface area contributed by atoms with Gasteiger partial charge >= 0.3 is 0 Å². The van der Waals surface area contributed by atoms with E-state index < -0.39 is 0 Å². The third kappa shape index (κ3) is 4.69. The Labute approximate surface area is 185 Å². The average molecular weight is 431 g/mol. The van der Waals surface area contributed by atoms with E-state index >= 15 is 0 Å². The molecule has 0 aliphatic rings. The minimum atomic E-state index is -0.283. The predicted octanol–water partition coefficient (Wildman–Crippen LogP) is 4.17. The van der Waals surface area contributed by atoms with Crippen molar-refractivity contribution >= 4 is 22.6 Å². The summed E-state index contributed by atoms with van der Waals surface area (Å²) in [5, 5.41) is 7.58. The van der Waals surface area contributed by atoms with E-state index in [1.54, 1.807) is 28.9 Å². The van der Waals surface area contributed by atoms with E-state index in [1.165, 1.54) is 17.1 Å². The molecule has 32 heavy (non-hydrogen) atoms. The first-order valence-electron chi connectivity index (χ1n) is 10.4. The van der Waals surface area contributed by atoms with Crippen LogP contribution in [0.2, 0.25) is 0 Å². The Bertz CT molecular complexity index is 1290. The van der Waals surface area contributed by atoms with Crippen molar-refractivity contribution in [1.82, 2.24) is 19.3 Å². The molecule has 1 amide bonds. The summed E-state index contributed by atoms with van der Waals surface area (Å²) >= 11 is 0. The molecule has 2 aromatic carbocycles. The van der Waals surface area contributed by atoms with E-state index in [0.717, 1.165) is 5.75 Å². The van der Waals surface area contributed by atoms with Gasteiger partial charge in [0.25, 0.3) is 5.56 Å². The van der Waals surface area contributed by atoms with Crippen LogP contribution in [-0.2, 0) is 16.9 Å². The Kier molecular flexibility index (Phi) is 5.77. The second-order valence-electron chi connectivity index (χ2n) is 8.45. The van der Waals surface area contributed by atoms with Crippen LogP contribution in [0.15, 0.2) is 71.9 Å². The summed E-state index contributed by atoms with van der Waals surface area (Å²) in [6, 6.07) is 16.6. The van der Waals surface area contributed by atoms with E-state index in [1.807, 2.05) is 51.1 Å². The molecule has 0 fully saturated rings. The number of hydrogen-bond donors (Lipinski definition) is 1. The van der Waals surface area contributed by atoms with Gasteiger partial charge in [-0.3, -0.25) is 14.2 Å². The highest BCUT2D eigenvalue weighted by atomic mass is 16.5. The molecule has 2 heterocycles. The summed E-state index contributed by atoms with van der Waals surface area (Å²) in [5.41, 5.74) is 0.707. The number of carbonyl (C=O) groups excluding carboxylic acids is 1. The number of hydrogen-bond acceptors (Lipinski definition) is 5. The van der Waals surface area contributed by atoms with Gasteiger partial charge in [-0.2, -0.15) is 5.10 Å². The first-order chi connectivity index (χ1) is 15.3. The molecule has 2 aromatic heterocycles. The monoisotopic (exact) mass is 431 g/mol. The molecule has 0 aliphatic heterocycles. The van der Waals surface area contributed by atoms with Crippen LogP contribution < -0.4 is 15.6 Å². The molecule has 8 heteroatoms. The van der Waals surface area contributed by atoms with Crippen molar-refractivity contribution in [3.05, 3.63) is 77.5 Å². The number of aryl methyl sites for hydroxylation is 1. The Balaban J connectivity index is 1.37. The molecular formula is C24H25N5O3. The molecular weight excluding hydrogens is 406 g/mol. The highest BCUT2D eigenvalue weighted by molar-refractivity contribution is 5.90. The summed E-state index contributed by atoms with van der Waals surface area (Å²) in [6.45, 7) is 6.22. The number of anilines is 1. The second kappa shape index (κ2) is 8.66. The lowest BCUT2D eigenvalue weighted by Gasteiger charge is -2.19. The molecule has 8 nitrogen and oxygen atoms in total. The van der Waals surface area contributed by atoms with Gasteiger partial charge in [0.15, 0.2) is 5.65 Å². The number of carbonyl (C=O) groups is 1. The summed E-state index contributed by atoms with van der Waals surface area (Å²) in [7, 11) is 0. The van der Waals surface area contributed by atoms with Gasteiger partial charge in [-0.25, -0.2) is 9.67 Å². The highest BCUT2D eigenvalue weighted by Crippen LogP contribution is 2.22. The Hall–Kier alpha value is -3.94. The summed E-state index contributed by atoms with van der Waals surface area (Å²) in [6.07, 6.45) is 3.14. The third-order valence-corrected chi connectivity index (χ3v) is 4.89. The van der Waals surface area contributed by atoms with Crippen LogP contribution in [0, 0.1) is 0 Å². The van der Waals surface area contributed by atoms with E-state index in [9.17, 15) is 9.59 Å². The molecule has 164 valence electrons. The molecule has 0 radical (unpaired) electrons. The zero-order valence-electron chi connectivity index (χ0n) is 18.3. The van der Waals surface area contributed by atoms with Crippen molar-refractivity contribution in [3.63, 3.8) is 0 Å². The van der Waals surface area contributed by atoms with Crippen molar-refractivity contribution in [2.75, 3.05) is 5.32 Å². The first kappa shape index (κ1) is 21.3. The number of ether oxygens (including phenoxy) is 1. The van der Waals surface area contributed by atoms with Gasteiger partial charge in [-0.1, -0.05) is 18.2 Å². The van der Waals surface area contributed by atoms with Crippen LogP contribution >= 0.6 is 0 Å². The molecule has 0 aliphatic carbocycles. The molecule has 4 rings (SSSR count). The van der Waals surface area contributed by atoms with Crippen LogP contribution in [0.1, 0.15) is 27.2 Å². The van der Waals surface area contributed by atoms with Crippen molar-refractivity contribution in [2.24, 2.45) is 0 Å². The van der Waals surface area contributed by atoms with Gasteiger partial charge in [0.05, 0.1) is 18.1 Å². The van der Waals surface area contributed by atoms with Gasteiger partial charge in [-0.15, -0.1) is 0 Å². The smallest absolute Gasteiger partial charge is 0.264 e. The van der Waals surface area contributed by atoms with Gasteiger partial charge in [0.2, 0.25) is 5.91 Å². The highest BCUT2D eigenvalue weighted by Gasteiger charge is 2.19. The maximum Gasteiger partial charge on any atom is 0.264 e. The Morgan fingerprint density at radius 3 is 2.41 bits per heavy atom. The minimum Gasteiger partial charge on any atom is -0.457 e. The fourth-order valence-corrected chi connectivity index (χ4v) is 3.28. The first-order valence-corrected chi connectivity index (χ1v) is 10.4. The average Bonchev–Trinajstić information content (AvgIpc) is 3.21. The Morgan fingerprint density at radius 1 is 1.03 bits per heavy atom. The van der Waals surface area contributed by atoms with Crippen molar-refractivity contribution in [3.8, 4) is 11.5 Å². The fraction of sp³-hybridized carbons (Fsp3) is 0.250. The van der Waals surface area contributed by atoms with Gasteiger partial charge in [0, 0.05) is 18.7 Å². The molecule has 0 spiro atoms. The van der Waals surface area contributed by atoms with E-state index in [2.05, 4.69) is 15.4 Å². The zero-order chi connectivity index (χ0) is 22.7. The van der Waals surface area contributed by atoms with Crippen LogP contribution in [0.4, 0.5) is 5.69 Å². The lowest BCUT2D eigenvalue weighted by molar-refractivity contribution is -0.116. The molecule has 0 unspecified atom stereocenters. The SMILES string of the molecule is CC(C)(C)n1ncc2c(=O)n(CCC(=O)Nc3ccc(Oc4ccccc4)cc3)cnc21. The maximum atomic E-state index is 12.8. The number of nitrogens with one attached hydrogen (secondary N) is 1. The van der Waals surface area contributed by atoms with E-state index in [0.29, 0.717) is 22.5 Å². The second-order valence-corrected chi connectivity index (χ2v) is 8.45. The predicted molar refractivity (Wildman–Crippen MR) is 123 cm³/mol. The number of rotatable bonds is 6. The van der Waals surface area contributed by atoms with Gasteiger partial charge in [0.1, 0.15) is 16.9 Å². The molecule has 0 atom stereocenters. The molecule has 0 bridgehead atoms. The van der Waals surface area contributed by atoms with Crippen LogP contribution in [0.5, 0.6) is 11.5 Å². The largest absolute Gasteiger partial charge is 0.457 e. The van der Waals surface area contributed by atoms with E-state index in [-0.39, 0.29) is 30.0 Å². The lowest BCUT2D eigenvalue weighted by Crippen LogP contribution is -2.26. The van der Waals surface area contributed by atoms with Crippen molar-refractivity contribution in [2.45, 2.75) is 39.3 Å². The number of fused-ring (bicyclic) bond motifs is 1. The number of nitrogens with zero attached hydrogens (tertiary/aromatic N) is 4. The number of amides is 1. The molecule has 0 saturated heterocycles. The van der Waals surface area contributed by atoms with Gasteiger partial charge < -0.3 is 10.1 Å². The number of benzene rings is 2. The Morgan fingerprint density at radius 2 is 1.72 bits per heavy atom. The molecule has 4 aromatic rings. The summed E-state index contributed by atoms with van der Waals surface area (Å²) in [5.74, 6) is 1.23. The topological polar surface area (TPSA) is 91.0 Å². The van der Waals surface area contributed by atoms with Crippen LogP contribution in [-0.4, -0.2) is 25.2 Å². The summed E-state index contributed by atoms with van der Waals surface area (Å²) in [4.78, 5) is 29.5. The standard InChI is InChI=1S/C24H25N5O3/c1-24(2,3)29-22-20(15-26-29)23(31)28(16-25-22)14-13-21(30)27-17-9-11-19(12-10-17)32-18-7-5-4-6-8-18/h4-12,15-16H,13-14H2,1-3H3,(H,27,30). The number of aromatic nitrogens is 4. The third-order valence-electron chi connectivity index (χ3n) is 4.89. The zero-order valence-corrected chi connectivity index (χ0v) is 18.3. The molecule has 1 N–H and O–H groups in total. The minimum absolute atomic E-state index is 0.142. The molecule has 0 saturated carbocycles. The normalized spacial score (nSPS) is 11.5.